The first-order valence-electron chi connectivity index (χ1n) is 9.21. The largest absolute Gasteiger partial charge is 0.378 e. The van der Waals surface area contributed by atoms with Crippen molar-refractivity contribution in [3.8, 4) is 0 Å². The summed E-state index contributed by atoms with van der Waals surface area (Å²) in [7, 11) is 0. The van der Waals surface area contributed by atoms with Crippen LogP contribution in [0.3, 0.4) is 0 Å². The van der Waals surface area contributed by atoms with E-state index in [9.17, 15) is 14.4 Å². The first kappa shape index (κ1) is 19.7. The lowest BCUT2D eigenvalue weighted by Crippen LogP contribution is -2.49. The predicted octanol–water partition coefficient (Wildman–Crippen LogP) is 0.636. The van der Waals surface area contributed by atoms with Gasteiger partial charge in [-0.2, -0.15) is 0 Å². The molecule has 0 radical (unpaired) electrons. The number of morpholine rings is 1. The van der Waals surface area contributed by atoms with Gasteiger partial charge in [0.1, 0.15) is 0 Å². The van der Waals surface area contributed by atoms with Crippen LogP contribution in [-0.4, -0.2) is 73.5 Å². The van der Waals surface area contributed by atoms with Crippen LogP contribution < -0.4 is 5.32 Å². The van der Waals surface area contributed by atoms with Crippen molar-refractivity contribution in [2.24, 2.45) is 11.3 Å². The Labute approximate surface area is 150 Å². The highest BCUT2D eigenvalue weighted by atomic mass is 16.5. The molecule has 1 N–H and O–H groups in total. The number of amides is 3. The van der Waals surface area contributed by atoms with E-state index in [1.54, 1.807) is 4.90 Å². The summed E-state index contributed by atoms with van der Waals surface area (Å²) in [4.78, 5) is 40.5. The molecule has 2 rings (SSSR count). The fourth-order valence-electron chi connectivity index (χ4n) is 3.15. The quantitative estimate of drug-likeness (QED) is 0.804. The number of rotatable bonds is 4. The summed E-state index contributed by atoms with van der Waals surface area (Å²) in [6.07, 6.45) is 1.96. The number of likely N-dealkylation sites (tertiary alicyclic amines) is 1. The molecule has 2 saturated heterocycles. The smallest absolute Gasteiger partial charge is 0.227 e. The predicted molar refractivity (Wildman–Crippen MR) is 93.8 cm³/mol. The van der Waals surface area contributed by atoms with Crippen LogP contribution in [0, 0.1) is 11.3 Å². The van der Waals surface area contributed by atoms with Gasteiger partial charge in [-0.1, -0.05) is 20.8 Å². The van der Waals surface area contributed by atoms with Crippen molar-refractivity contribution in [1.29, 1.82) is 0 Å². The molecule has 0 aliphatic carbocycles. The number of carbonyl (C=O) groups excluding carboxylic acids is 3. The van der Waals surface area contributed by atoms with Crippen molar-refractivity contribution in [3.05, 3.63) is 0 Å². The van der Waals surface area contributed by atoms with Gasteiger partial charge in [0.25, 0.3) is 0 Å². The molecule has 0 spiro atoms. The van der Waals surface area contributed by atoms with E-state index < -0.39 is 5.41 Å². The lowest BCUT2D eigenvalue weighted by Gasteiger charge is -2.36. The molecular formula is C18H31N3O4. The number of nitrogens with one attached hydrogen (secondary N) is 1. The molecule has 1 unspecified atom stereocenters. The molecule has 0 aromatic rings. The van der Waals surface area contributed by atoms with Crippen LogP contribution in [0.15, 0.2) is 0 Å². The highest BCUT2D eigenvalue weighted by molar-refractivity contribution is 5.83. The number of carbonyl (C=O) groups is 3. The molecule has 2 fully saturated rings. The van der Waals surface area contributed by atoms with Crippen LogP contribution in [0.1, 0.15) is 40.0 Å². The van der Waals surface area contributed by atoms with Crippen molar-refractivity contribution < 1.29 is 19.1 Å². The molecule has 7 nitrogen and oxygen atoms in total. The van der Waals surface area contributed by atoms with Crippen LogP contribution >= 0.6 is 0 Å². The van der Waals surface area contributed by atoms with E-state index in [2.05, 4.69) is 5.32 Å². The first-order valence-corrected chi connectivity index (χ1v) is 9.21. The second-order valence-electron chi connectivity index (χ2n) is 7.87. The van der Waals surface area contributed by atoms with Gasteiger partial charge in [0, 0.05) is 44.6 Å². The Morgan fingerprint density at radius 2 is 1.76 bits per heavy atom. The van der Waals surface area contributed by atoms with Crippen LogP contribution in [0.25, 0.3) is 0 Å². The number of piperidine rings is 1. The Balaban J connectivity index is 1.78. The average molecular weight is 353 g/mol. The van der Waals surface area contributed by atoms with E-state index in [0.717, 1.165) is 12.8 Å². The summed E-state index contributed by atoms with van der Waals surface area (Å²) in [6.45, 7) is 9.52. The molecule has 2 aliphatic heterocycles. The van der Waals surface area contributed by atoms with Gasteiger partial charge in [0.05, 0.1) is 19.1 Å². The van der Waals surface area contributed by atoms with Crippen LogP contribution in [0.5, 0.6) is 0 Å². The second kappa shape index (κ2) is 8.65. The van der Waals surface area contributed by atoms with Gasteiger partial charge < -0.3 is 19.9 Å². The van der Waals surface area contributed by atoms with E-state index >= 15 is 0 Å². The molecule has 0 aromatic carbocycles. The Hall–Kier alpha value is -1.63. The molecule has 142 valence electrons. The molecule has 25 heavy (non-hydrogen) atoms. The molecule has 2 heterocycles. The lowest BCUT2D eigenvalue weighted by molar-refractivity contribution is -0.143. The Morgan fingerprint density at radius 3 is 2.40 bits per heavy atom. The van der Waals surface area contributed by atoms with Crippen molar-refractivity contribution in [2.45, 2.75) is 40.0 Å². The Morgan fingerprint density at radius 1 is 1.08 bits per heavy atom. The van der Waals surface area contributed by atoms with Gasteiger partial charge in [-0.3, -0.25) is 14.4 Å². The van der Waals surface area contributed by atoms with Crippen molar-refractivity contribution in [2.75, 3.05) is 45.9 Å². The monoisotopic (exact) mass is 353 g/mol. The molecule has 0 aromatic heterocycles. The standard InChI is InChI=1S/C18H31N3O4/c1-18(2,3)17(24)19-7-6-15(22)21-8-4-5-14(13-21)16(23)20-9-11-25-12-10-20/h14H,4-13H2,1-3H3,(H,19,24). The Kier molecular flexibility index (Phi) is 6.81. The molecule has 1 atom stereocenters. The van der Waals surface area contributed by atoms with E-state index in [1.807, 2.05) is 25.7 Å². The SMILES string of the molecule is CC(C)(C)C(=O)NCCC(=O)N1CCCC(C(=O)N2CCOCC2)C1. The minimum atomic E-state index is -0.455. The highest BCUT2D eigenvalue weighted by Gasteiger charge is 2.31. The summed E-state index contributed by atoms with van der Waals surface area (Å²) in [5.74, 6) is -0.0187. The molecular weight excluding hydrogens is 322 g/mol. The van der Waals surface area contributed by atoms with Crippen LogP contribution in [0.2, 0.25) is 0 Å². The average Bonchev–Trinajstić information content (AvgIpc) is 2.61. The zero-order valence-electron chi connectivity index (χ0n) is 15.7. The maximum Gasteiger partial charge on any atom is 0.227 e. The number of hydrogen-bond donors (Lipinski definition) is 1. The molecule has 2 aliphatic rings. The summed E-state index contributed by atoms with van der Waals surface area (Å²) in [5.41, 5.74) is -0.455. The van der Waals surface area contributed by atoms with Gasteiger partial charge in [0.15, 0.2) is 0 Å². The maximum atomic E-state index is 12.6. The first-order chi connectivity index (χ1) is 11.8. The van der Waals surface area contributed by atoms with Gasteiger partial charge >= 0.3 is 0 Å². The second-order valence-corrected chi connectivity index (χ2v) is 7.87. The molecule has 7 heteroatoms. The third kappa shape index (κ3) is 5.70. The van der Waals surface area contributed by atoms with E-state index in [1.165, 1.54) is 0 Å². The molecule has 3 amide bonds. The maximum absolute atomic E-state index is 12.6. The Bertz CT molecular complexity index is 495. The third-order valence-corrected chi connectivity index (χ3v) is 4.75. The van der Waals surface area contributed by atoms with E-state index in [4.69, 9.17) is 4.74 Å². The van der Waals surface area contributed by atoms with E-state index in [0.29, 0.717) is 45.9 Å². The minimum absolute atomic E-state index is 0.00804. The van der Waals surface area contributed by atoms with Gasteiger partial charge in [-0.05, 0) is 12.8 Å². The van der Waals surface area contributed by atoms with Gasteiger partial charge in [-0.15, -0.1) is 0 Å². The van der Waals surface area contributed by atoms with Crippen molar-refractivity contribution in [3.63, 3.8) is 0 Å². The van der Waals surface area contributed by atoms with Gasteiger partial charge in [-0.25, -0.2) is 0 Å². The summed E-state index contributed by atoms with van der Waals surface area (Å²) in [5, 5.41) is 2.80. The van der Waals surface area contributed by atoms with Crippen LogP contribution in [-0.2, 0) is 19.1 Å². The summed E-state index contributed by atoms with van der Waals surface area (Å²) in [6, 6.07) is 0. The highest BCUT2D eigenvalue weighted by Crippen LogP contribution is 2.20. The van der Waals surface area contributed by atoms with Gasteiger partial charge in [0.2, 0.25) is 17.7 Å². The summed E-state index contributed by atoms with van der Waals surface area (Å²) < 4.78 is 5.29. The fraction of sp³-hybridized carbons (Fsp3) is 0.833. The zero-order chi connectivity index (χ0) is 18.4. The normalized spacial score (nSPS) is 21.8. The number of nitrogens with zero attached hydrogens (tertiary/aromatic N) is 2. The zero-order valence-corrected chi connectivity index (χ0v) is 15.7. The fourth-order valence-corrected chi connectivity index (χ4v) is 3.15. The van der Waals surface area contributed by atoms with Crippen LogP contribution in [0.4, 0.5) is 0 Å². The summed E-state index contributed by atoms with van der Waals surface area (Å²) >= 11 is 0. The lowest BCUT2D eigenvalue weighted by atomic mass is 9.95. The third-order valence-electron chi connectivity index (χ3n) is 4.75. The topological polar surface area (TPSA) is 79.0 Å². The number of hydrogen-bond acceptors (Lipinski definition) is 4. The van der Waals surface area contributed by atoms with Crippen molar-refractivity contribution in [1.82, 2.24) is 15.1 Å². The molecule has 0 saturated carbocycles. The molecule has 0 bridgehead atoms. The minimum Gasteiger partial charge on any atom is -0.378 e. The van der Waals surface area contributed by atoms with E-state index in [-0.39, 0.29) is 30.1 Å². The van der Waals surface area contributed by atoms with Crippen molar-refractivity contribution >= 4 is 17.7 Å². The number of ether oxygens (including phenoxy) is 1.